The van der Waals surface area contributed by atoms with Crippen molar-refractivity contribution in [1.29, 1.82) is 0 Å². The van der Waals surface area contributed by atoms with Gasteiger partial charge in [0.05, 0.1) is 22.2 Å². The summed E-state index contributed by atoms with van der Waals surface area (Å²) in [7, 11) is 0. The van der Waals surface area contributed by atoms with Crippen molar-refractivity contribution < 1.29 is 0 Å². The largest absolute Gasteiger partial charge is 0.365 e. The number of aryl methyl sites for hydroxylation is 1. The van der Waals surface area contributed by atoms with Gasteiger partial charge in [0.1, 0.15) is 12.1 Å². The number of anilines is 1. The minimum absolute atomic E-state index is 0.678. The Morgan fingerprint density at radius 2 is 1.76 bits per heavy atom. The third-order valence-electron chi connectivity index (χ3n) is 5.69. The van der Waals surface area contributed by atoms with E-state index in [2.05, 4.69) is 78.5 Å². The van der Waals surface area contributed by atoms with Gasteiger partial charge >= 0.3 is 0 Å². The van der Waals surface area contributed by atoms with Gasteiger partial charge in [-0.2, -0.15) is 0 Å². The Morgan fingerprint density at radius 3 is 2.52 bits per heavy atom. The highest BCUT2D eigenvalue weighted by Crippen LogP contribution is 2.26. The predicted molar refractivity (Wildman–Crippen MR) is 134 cm³/mol. The van der Waals surface area contributed by atoms with Crippen LogP contribution >= 0.6 is 12.2 Å². The maximum absolute atomic E-state index is 5.45. The standard InChI is InChI=1S/C25H25N7S/c1-2-32-23-12-21-20(11-22(23)31-25(32)33)24(30-16-29-21)28-14-18-8-6-17(7-9-18)13-26-15-19-5-3-4-10-27-19/h3-12,16,26H,2,13-15H2,1H3,(H,31,33)(H,28,29,30). The van der Waals surface area contributed by atoms with Gasteiger partial charge in [-0.05, 0) is 54.5 Å². The molecule has 166 valence electrons. The molecule has 7 nitrogen and oxygen atoms in total. The number of benzene rings is 2. The van der Waals surface area contributed by atoms with E-state index in [1.54, 1.807) is 6.33 Å². The van der Waals surface area contributed by atoms with Gasteiger partial charge < -0.3 is 20.2 Å². The van der Waals surface area contributed by atoms with Crippen molar-refractivity contribution in [3.8, 4) is 0 Å². The molecule has 33 heavy (non-hydrogen) atoms. The van der Waals surface area contributed by atoms with E-state index in [-0.39, 0.29) is 0 Å². The molecule has 0 atom stereocenters. The van der Waals surface area contributed by atoms with E-state index in [0.717, 1.165) is 57.9 Å². The lowest BCUT2D eigenvalue weighted by molar-refractivity contribution is 0.679. The topological polar surface area (TPSA) is 83.5 Å². The third-order valence-corrected chi connectivity index (χ3v) is 6.01. The molecule has 0 aliphatic carbocycles. The Bertz CT molecular complexity index is 1440. The highest BCUT2D eigenvalue weighted by atomic mass is 32.1. The molecule has 0 saturated carbocycles. The minimum atomic E-state index is 0.678. The summed E-state index contributed by atoms with van der Waals surface area (Å²) in [5.74, 6) is 0.812. The summed E-state index contributed by atoms with van der Waals surface area (Å²) >= 11 is 5.45. The number of hydrogen-bond donors (Lipinski definition) is 3. The number of H-pyrrole nitrogens is 1. The maximum Gasteiger partial charge on any atom is 0.178 e. The van der Waals surface area contributed by atoms with Crippen LogP contribution in [0.25, 0.3) is 21.9 Å². The second-order valence-corrected chi connectivity index (χ2v) is 8.26. The number of pyridine rings is 1. The van der Waals surface area contributed by atoms with Crippen molar-refractivity contribution >= 4 is 40.0 Å². The van der Waals surface area contributed by atoms with Gasteiger partial charge in [-0.25, -0.2) is 9.97 Å². The molecular weight excluding hydrogens is 430 g/mol. The molecule has 0 aliphatic heterocycles. The van der Waals surface area contributed by atoms with Crippen molar-refractivity contribution in [3.05, 3.63) is 88.7 Å². The first kappa shape index (κ1) is 21.2. The number of fused-ring (bicyclic) bond motifs is 2. The molecule has 0 radical (unpaired) electrons. The van der Waals surface area contributed by atoms with E-state index >= 15 is 0 Å². The van der Waals surface area contributed by atoms with Crippen LogP contribution in [0.15, 0.2) is 67.1 Å². The van der Waals surface area contributed by atoms with E-state index in [1.165, 1.54) is 11.1 Å². The summed E-state index contributed by atoms with van der Waals surface area (Å²) < 4.78 is 2.80. The summed E-state index contributed by atoms with van der Waals surface area (Å²) in [5, 5.41) is 7.87. The van der Waals surface area contributed by atoms with Gasteiger partial charge in [0, 0.05) is 37.8 Å². The summed E-state index contributed by atoms with van der Waals surface area (Å²) in [6, 6.07) is 18.7. The third kappa shape index (κ3) is 4.62. The lowest BCUT2D eigenvalue weighted by atomic mass is 10.1. The number of aromatic amines is 1. The number of hydrogen-bond acceptors (Lipinski definition) is 6. The Hall–Kier alpha value is -3.62. The van der Waals surface area contributed by atoms with Crippen LogP contribution in [0.1, 0.15) is 23.7 Å². The summed E-state index contributed by atoms with van der Waals surface area (Å²) in [5.41, 5.74) is 6.42. The summed E-state index contributed by atoms with van der Waals surface area (Å²) in [6.45, 7) is 5.13. The number of aromatic nitrogens is 5. The summed E-state index contributed by atoms with van der Waals surface area (Å²) in [6.07, 6.45) is 3.42. The monoisotopic (exact) mass is 455 g/mol. The second kappa shape index (κ2) is 9.48. The fourth-order valence-electron chi connectivity index (χ4n) is 3.96. The van der Waals surface area contributed by atoms with E-state index in [9.17, 15) is 0 Å². The van der Waals surface area contributed by atoms with Gasteiger partial charge in [0.25, 0.3) is 0 Å². The molecule has 0 fully saturated rings. The van der Waals surface area contributed by atoms with Crippen LogP contribution < -0.4 is 10.6 Å². The number of rotatable bonds is 8. The molecule has 0 spiro atoms. The highest BCUT2D eigenvalue weighted by Gasteiger charge is 2.09. The van der Waals surface area contributed by atoms with Gasteiger partial charge in [-0.1, -0.05) is 30.3 Å². The molecule has 0 bridgehead atoms. The molecule has 0 saturated heterocycles. The minimum Gasteiger partial charge on any atom is -0.365 e. The smallest absolute Gasteiger partial charge is 0.178 e. The first-order chi connectivity index (χ1) is 16.2. The molecular formula is C25H25N7S. The first-order valence-corrected chi connectivity index (χ1v) is 11.4. The van der Waals surface area contributed by atoms with E-state index < -0.39 is 0 Å². The number of nitrogens with zero attached hydrogens (tertiary/aromatic N) is 4. The Morgan fingerprint density at radius 1 is 0.939 bits per heavy atom. The van der Waals surface area contributed by atoms with Gasteiger partial charge in [-0.3, -0.25) is 4.98 Å². The van der Waals surface area contributed by atoms with Crippen molar-refractivity contribution in [2.45, 2.75) is 33.1 Å². The van der Waals surface area contributed by atoms with Crippen LogP contribution in [-0.2, 0) is 26.2 Å². The zero-order chi connectivity index (χ0) is 22.6. The number of nitrogens with one attached hydrogen (secondary N) is 3. The lowest BCUT2D eigenvalue weighted by Crippen LogP contribution is -2.13. The fraction of sp³-hybridized carbons (Fsp3) is 0.200. The molecule has 3 N–H and O–H groups in total. The van der Waals surface area contributed by atoms with Crippen molar-refractivity contribution in [3.63, 3.8) is 0 Å². The average molecular weight is 456 g/mol. The molecule has 5 aromatic rings. The van der Waals surface area contributed by atoms with Crippen LogP contribution in [0, 0.1) is 4.77 Å². The molecule has 5 rings (SSSR count). The second-order valence-electron chi connectivity index (χ2n) is 7.88. The van der Waals surface area contributed by atoms with Crippen LogP contribution in [0.4, 0.5) is 5.82 Å². The van der Waals surface area contributed by atoms with E-state index in [4.69, 9.17) is 12.2 Å². The van der Waals surface area contributed by atoms with E-state index in [1.807, 2.05) is 24.4 Å². The number of imidazole rings is 1. The predicted octanol–water partition coefficient (Wildman–Crippen LogP) is 4.96. The van der Waals surface area contributed by atoms with Crippen molar-refractivity contribution in [2.75, 3.05) is 5.32 Å². The molecule has 3 heterocycles. The van der Waals surface area contributed by atoms with Gasteiger partial charge in [0.2, 0.25) is 0 Å². The normalized spacial score (nSPS) is 11.3. The maximum atomic E-state index is 5.45. The van der Waals surface area contributed by atoms with Crippen LogP contribution in [-0.4, -0.2) is 24.5 Å². The molecule has 0 aliphatic rings. The Balaban J connectivity index is 1.26. The zero-order valence-electron chi connectivity index (χ0n) is 18.4. The lowest BCUT2D eigenvalue weighted by Gasteiger charge is -2.10. The van der Waals surface area contributed by atoms with Gasteiger partial charge in [-0.15, -0.1) is 0 Å². The average Bonchev–Trinajstić information content (AvgIpc) is 3.16. The Kier molecular flexibility index (Phi) is 6.10. The molecule has 8 heteroatoms. The van der Waals surface area contributed by atoms with E-state index in [0.29, 0.717) is 6.54 Å². The summed E-state index contributed by atoms with van der Waals surface area (Å²) in [4.78, 5) is 16.6. The van der Waals surface area contributed by atoms with Crippen molar-refractivity contribution in [1.82, 2.24) is 29.8 Å². The highest BCUT2D eigenvalue weighted by molar-refractivity contribution is 7.71. The molecule has 0 amide bonds. The molecule has 0 unspecified atom stereocenters. The van der Waals surface area contributed by atoms with Crippen LogP contribution in [0.5, 0.6) is 0 Å². The first-order valence-electron chi connectivity index (χ1n) is 11.0. The Labute approximate surface area is 196 Å². The zero-order valence-corrected chi connectivity index (χ0v) is 19.2. The fourth-order valence-corrected chi connectivity index (χ4v) is 4.30. The molecule has 2 aromatic carbocycles. The molecule has 3 aromatic heterocycles. The quantitative estimate of drug-likeness (QED) is 0.287. The van der Waals surface area contributed by atoms with Gasteiger partial charge in [0.15, 0.2) is 4.77 Å². The van der Waals surface area contributed by atoms with Crippen LogP contribution in [0.3, 0.4) is 0 Å². The van der Waals surface area contributed by atoms with Crippen molar-refractivity contribution in [2.24, 2.45) is 0 Å². The SMILES string of the molecule is CCn1c(=S)[nH]c2cc3c(NCc4ccc(CNCc5ccccn5)cc4)ncnc3cc21. The van der Waals surface area contributed by atoms with Crippen LogP contribution in [0.2, 0.25) is 0 Å².